The molecule has 3 aromatic rings. The van der Waals surface area contributed by atoms with Crippen LogP contribution in [0.3, 0.4) is 0 Å². The number of nitrogens with one attached hydrogen (secondary N) is 1. The lowest BCUT2D eigenvalue weighted by molar-refractivity contribution is 1.35. The van der Waals surface area contributed by atoms with E-state index in [1.165, 1.54) is 11.3 Å². The normalized spacial score (nSPS) is 11.1. The van der Waals surface area contributed by atoms with E-state index in [1.54, 1.807) is 18.2 Å². The Hall–Kier alpha value is -2.01. The maximum Gasteiger partial charge on any atom is 0.266 e. The van der Waals surface area contributed by atoms with Crippen LogP contribution in [-0.2, 0) is 0 Å². The monoisotopic (exact) mass is 244 g/mol. The molecule has 0 atom stereocenters. The van der Waals surface area contributed by atoms with Crippen LogP contribution in [0.25, 0.3) is 21.0 Å². The van der Waals surface area contributed by atoms with Crippen molar-refractivity contribution in [2.24, 2.45) is 5.18 Å². The zero-order chi connectivity index (χ0) is 12.0. The third-order valence-electron chi connectivity index (χ3n) is 2.81. The van der Waals surface area contributed by atoms with E-state index in [2.05, 4.69) is 10.2 Å². The SMILES string of the molecule is Cc1csc2c(=O)[nH]c3ccc(N=O)cc3c12. The third kappa shape index (κ3) is 1.39. The van der Waals surface area contributed by atoms with Gasteiger partial charge in [0.25, 0.3) is 5.56 Å². The Morgan fingerprint density at radius 3 is 2.94 bits per heavy atom. The fourth-order valence-corrected chi connectivity index (χ4v) is 2.99. The van der Waals surface area contributed by atoms with Crippen molar-refractivity contribution in [2.75, 3.05) is 0 Å². The summed E-state index contributed by atoms with van der Waals surface area (Å²) in [6.07, 6.45) is 0. The topological polar surface area (TPSA) is 62.3 Å². The minimum Gasteiger partial charge on any atom is -0.321 e. The molecule has 0 saturated carbocycles. The van der Waals surface area contributed by atoms with Crippen molar-refractivity contribution in [1.82, 2.24) is 4.98 Å². The number of H-pyrrole nitrogens is 1. The van der Waals surface area contributed by atoms with E-state index >= 15 is 0 Å². The third-order valence-corrected chi connectivity index (χ3v) is 3.90. The van der Waals surface area contributed by atoms with Crippen LogP contribution in [0, 0.1) is 11.8 Å². The van der Waals surface area contributed by atoms with Gasteiger partial charge < -0.3 is 4.98 Å². The van der Waals surface area contributed by atoms with Gasteiger partial charge in [-0.1, -0.05) is 0 Å². The predicted molar refractivity (Wildman–Crippen MR) is 70.1 cm³/mol. The Morgan fingerprint density at radius 2 is 2.18 bits per heavy atom. The van der Waals surface area contributed by atoms with Crippen LogP contribution in [0.1, 0.15) is 5.56 Å². The summed E-state index contributed by atoms with van der Waals surface area (Å²) in [4.78, 5) is 25.2. The number of thiophene rings is 1. The van der Waals surface area contributed by atoms with E-state index in [9.17, 15) is 9.70 Å². The number of hydrogen-bond donors (Lipinski definition) is 1. The van der Waals surface area contributed by atoms with E-state index < -0.39 is 0 Å². The van der Waals surface area contributed by atoms with Gasteiger partial charge in [-0.3, -0.25) is 4.79 Å². The lowest BCUT2D eigenvalue weighted by atomic mass is 10.1. The number of pyridine rings is 1. The molecular weight excluding hydrogens is 236 g/mol. The maximum atomic E-state index is 11.8. The Kier molecular flexibility index (Phi) is 2.09. The summed E-state index contributed by atoms with van der Waals surface area (Å²) >= 11 is 1.42. The molecule has 4 nitrogen and oxygen atoms in total. The molecule has 0 radical (unpaired) electrons. The summed E-state index contributed by atoms with van der Waals surface area (Å²) < 4.78 is 0.693. The van der Waals surface area contributed by atoms with Gasteiger partial charge in [-0.15, -0.1) is 16.2 Å². The molecule has 0 fully saturated rings. The number of rotatable bonds is 1. The Balaban J connectivity index is 2.63. The minimum absolute atomic E-state index is 0.0857. The van der Waals surface area contributed by atoms with Crippen molar-refractivity contribution < 1.29 is 0 Å². The maximum absolute atomic E-state index is 11.8. The van der Waals surface area contributed by atoms with Crippen LogP contribution < -0.4 is 5.56 Å². The molecule has 0 aliphatic heterocycles. The molecule has 3 rings (SSSR count). The van der Waals surface area contributed by atoms with Crippen LogP contribution in [0.2, 0.25) is 0 Å². The zero-order valence-electron chi connectivity index (χ0n) is 8.98. The second kappa shape index (κ2) is 3.49. The largest absolute Gasteiger partial charge is 0.321 e. The molecule has 17 heavy (non-hydrogen) atoms. The molecule has 1 aromatic carbocycles. The summed E-state index contributed by atoms with van der Waals surface area (Å²) in [7, 11) is 0. The van der Waals surface area contributed by atoms with Crippen LogP contribution in [0.4, 0.5) is 5.69 Å². The summed E-state index contributed by atoms with van der Waals surface area (Å²) in [6.45, 7) is 1.96. The summed E-state index contributed by atoms with van der Waals surface area (Å²) in [5, 5.41) is 6.66. The van der Waals surface area contributed by atoms with Gasteiger partial charge >= 0.3 is 0 Å². The molecular formula is C12H8N2O2S. The predicted octanol–water partition coefficient (Wildman–Crippen LogP) is 3.45. The number of benzene rings is 1. The van der Waals surface area contributed by atoms with Crippen LogP contribution >= 0.6 is 11.3 Å². The first-order chi connectivity index (χ1) is 8.20. The van der Waals surface area contributed by atoms with Crippen LogP contribution in [0.15, 0.2) is 33.6 Å². The highest BCUT2D eigenvalue weighted by molar-refractivity contribution is 7.17. The van der Waals surface area contributed by atoms with Gasteiger partial charge in [0.05, 0.1) is 0 Å². The highest BCUT2D eigenvalue weighted by atomic mass is 32.1. The Labute approximate surface area is 99.9 Å². The smallest absolute Gasteiger partial charge is 0.266 e. The average Bonchev–Trinajstić information content (AvgIpc) is 2.72. The zero-order valence-corrected chi connectivity index (χ0v) is 9.80. The number of aromatic amines is 1. The van der Waals surface area contributed by atoms with E-state index in [4.69, 9.17) is 0 Å². The average molecular weight is 244 g/mol. The van der Waals surface area contributed by atoms with Crippen molar-refractivity contribution in [1.29, 1.82) is 0 Å². The standard InChI is InChI=1S/C12H8N2O2S/c1-6-5-17-11-10(6)8-4-7(14-16)2-3-9(8)13-12(11)15/h2-5H,1H3,(H,13,15). The van der Waals surface area contributed by atoms with Gasteiger partial charge in [0.1, 0.15) is 10.4 Å². The van der Waals surface area contributed by atoms with Crippen LogP contribution in [-0.4, -0.2) is 4.98 Å². The molecule has 5 heteroatoms. The fraction of sp³-hybridized carbons (Fsp3) is 0.0833. The number of aromatic nitrogens is 1. The lowest BCUT2D eigenvalue weighted by Gasteiger charge is -2.01. The molecule has 0 bridgehead atoms. The van der Waals surface area contributed by atoms with Crippen molar-refractivity contribution >= 4 is 38.0 Å². The van der Waals surface area contributed by atoms with Gasteiger partial charge in [0.2, 0.25) is 0 Å². The highest BCUT2D eigenvalue weighted by Crippen LogP contribution is 2.30. The van der Waals surface area contributed by atoms with Crippen molar-refractivity contribution in [3.8, 4) is 0 Å². The van der Waals surface area contributed by atoms with E-state index in [-0.39, 0.29) is 5.56 Å². The molecule has 0 spiro atoms. The van der Waals surface area contributed by atoms with Gasteiger partial charge in [-0.2, -0.15) is 0 Å². The summed E-state index contributed by atoms with van der Waals surface area (Å²) in [5.74, 6) is 0. The van der Waals surface area contributed by atoms with Gasteiger partial charge in [-0.05, 0) is 41.2 Å². The second-order valence-corrected chi connectivity index (χ2v) is 4.78. The highest BCUT2D eigenvalue weighted by Gasteiger charge is 2.10. The second-order valence-electron chi connectivity index (χ2n) is 3.90. The Bertz CT molecular complexity index is 801. The molecule has 0 saturated heterocycles. The Morgan fingerprint density at radius 1 is 1.35 bits per heavy atom. The molecule has 84 valence electrons. The van der Waals surface area contributed by atoms with Crippen molar-refractivity contribution in [3.05, 3.63) is 44.4 Å². The quantitative estimate of drug-likeness (QED) is 0.666. The minimum atomic E-state index is -0.0857. The first kappa shape index (κ1) is 10.2. The summed E-state index contributed by atoms with van der Waals surface area (Å²) in [5.41, 5.74) is 2.06. The lowest BCUT2D eigenvalue weighted by Crippen LogP contribution is -2.04. The first-order valence-electron chi connectivity index (χ1n) is 5.08. The van der Waals surface area contributed by atoms with E-state index in [0.29, 0.717) is 10.4 Å². The number of nitroso groups, excluding NO2 is 1. The number of aryl methyl sites for hydroxylation is 1. The molecule has 0 amide bonds. The van der Waals surface area contributed by atoms with Gasteiger partial charge in [0.15, 0.2) is 0 Å². The molecule has 0 aliphatic carbocycles. The molecule has 2 aromatic heterocycles. The van der Waals surface area contributed by atoms with Crippen molar-refractivity contribution in [3.63, 3.8) is 0 Å². The first-order valence-corrected chi connectivity index (χ1v) is 5.96. The molecule has 0 unspecified atom stereocenters. The number of nitrogens with zero attached hydrogens (tertiary/aromatic N) is 1. The molecule has 1 N–H and O–H groups in total. The van der Waals surface area contributed by atoms with Crippen molar-refractivity contribution in [2.45, 2.75) is 6.92 Å². The van der Waals surface area contributed by atoms with Gasteiger partial charge in [-0.25, -0.2) is 0 Å². The van der Waals surface area contributed by atoms with Gasteiger partial charge in [0, 0.05) is 16.3 Å². The molecule has 2 heterocycles. The number of fused-ring (bicyclic) bond motifs is 3. The number of hydrogen-bond acceptors (Lipinski definition) is 4. The van der Waals surface area contributed by atoms with Crippen LogP contribution in [0.5, 0.6) is 0 Å². The fourth-order valence-electron chi connectivity index (χ4n) is 2.03. The van der Waals surface area contributed by atoms with E-state index in [1.807, 2.05) is 12.3 Å². The van der Waals surface area contributed by atoms with E-state index in [0.717, 1.165) is 21.9 Å². The molecule has 0 aliphatic rings. The summed E-state index contributed by atoms with van der Waals surface area (Å²) in [6, 6.07) is 5.02.